The van der Waals surface area contributed by atoms with Gasteiger partial charge in [-0.1, -0.05) is 62.1 Å². The molecule has 1 aromatic carbocycles. The molecule has 0 bridgehead atoms. The summed E-state index contributed by atoms with van der Waals surface area (Å²) in [5.74, 6) is 3.49. The minimum atomic E-state index is 0.324. The number of benzene rings is 1. The molecule has 0 amide bonds. The molecule has 2 aliphatic carbocycles. The highest BCUT2D eigenvalue weighted by molar-refractivity contribution is 5.46. The van der Waals surface area contributed by atoms with Gasteiger partial charge in [0.15, 0.2) is 0 Å². The van der Waals surface area contributed by atoms with Crippen molar-refractivity contribution in [2.75, 3.05) is 19.6 Å². The number of hydrogen-bond donors (Lipinski definition) is 1. The predicted octanol–water partition coefficient (Wildman–Crippen LogP) is 7.54. The lowest BCUT2D eigenvalue weighted by molar-refractivity contribution is 0.157. The standard InChI is InChI=1S/C33H48N2O/c1-22-12-13-29(18-22)25(4)26(5)34-32(23(2)19-27-8-6-9-27)21-35-16-14-28(15-17-35)31-11-7-10-30-20-24(3)36-33(30)31/h7,10-13,23-24,27-28,32,34H,6,8-9,14-21H2,1-5H3/b26-25+. The van der Waals surface area contributed by atoms with Crippen LogP contribution in [0.2, 0.25) is 0 Å². The fraction of sp³-hybridized carbons (Fsp3) is 0.636. The molecule has 5 rings (SSSR count). The summed E-state index contributed by atoms with van der Waals surface area (Å²) in [4.78, 5) is 2.74. The van der Waals surface area contributed by atoms with E-state index in [1.807, 2.05) is 0 Å². The van der Waals surface area contributed by atoms with Crippen molar-refractivity contribution < 1.29 is 4.74 Å². The van der Waals surface area contributed by atoms with Crippen molar-refractivity contribution in [3.05, 3.63) is 63.9 Å². The number of nitrogens with one attached hydrogen (secondary N) is 1. The van der Waals surface area contributed by atoms with E-state index < -0.39 is 0 Å². The number of rotatable bonds is 9. The Morgan fingerprint density at radius 2 is 1.89 bits per heavy atom. The van der Waals surface area contributed by atoms with Crippen LogP contribution in [0, 0.1) is 11.8 Å². The fourth-order valence-electron chi connectivity index (χ4n) is 6.82. The molecule has 1 saturated heterocycles. The number of nitrogens with zero attached hydrogens (tertiary/aromatic N) is 1. The van der Waals surface area contributed by atoms with Gasteiger partial charge in [0.2, 0.25) is 0 Å². The molecule has 1 N–H and O–H groups in total. The fourth-order valence-corrected chi connectivity index (χ4v) is 6.82. The maximum atomic E-state index is 6.25. The Labute approximate surface area is 220 Å². The lowest BCUT2D eigenvalue weighted by Crippen LogP contribution is -2.47. The zero-order valence-corrected chi connectivity index (χ0v) is 23.4. The first-order valence-corrected chi connectivity index (χ1v) is 14.7. The van der Waals surface area contributed by atoms with Gasteiger partial charge in [0.1, 0.15) is 11.9 Å². The Hall–Kier alpha value is -2.00. The second-order valence-electron chi connectivity index (χ2n) is 12.4. The van der Waals surface area contributed by atoms with Crippen molar-refractivity contribution in [1.82, 2.24) is 10.2 Å². The molecule has 0 radical (unpaired) electrons. The third-order valence-corrected chi connectivity index (χ3v) is 9.54. The smallest absolute Gasteiger partial charge is 0.126 e. The normalized spacial score (nSPS) is 25.3. The minimum absolute atomic E-state index is 0.324. The van der Waals surface area contributed by atoms with Crippen LogP contribution in [0.4, 0.5) is 0 Å². The number of likely N-dealkylation sites (tertiary alicyclic amines) is 1. The lowest BCUT2D eigenvalue weighted by atomic mass is 9.77. The average Bonchev–Trinajstić information content (AvgIpc) is 3.45. The molecular formula is C33H48N2O. The summed E-state index contributed by atoms with van der Waals surface area (Å²) >= 11 is 0. The Bertz CT molecular complexity index is 1020. The Balaban J connectivity index is 1.22. The van der Waals surface area contributed by atoms with Crippen LogP contribution in [0.5, 0.6) is 5.75 Å². The van der Waals surface area contributed by atoms with Crippen molar-refractivity contribution in [2.45, 2.75) is 104 Å². The van der Waals surface area contributed by atoms with E-state index in [0.717, 1.165) is 25.3 Å². The third kappa shape index (κ3) is 5.77. The summed E-state index contributed by atoms with van der Waals surface area (Å²) in [5.41, 5.74) is 8.64. The van der Waals surface area contributed by atoms with Crippen molar-refractivity contribution in [3.8, 4) is 5.75 Å². The van der Waals surface area contributed by atoms with E-state index in [4.69, 9.17) is 4.74 Å². The highest BCUT2D eigenvalue weighted by Gasteiger charge is 2.31. The van der Waals surface area contributed by atoms with E-state index in [2.05, 4.69) is 75.2 Å². The molecule has 3 nitrogen and oxygen atoms in total. The first-order valence-electron chi connectivity index (χ1n) is 14.7. The van der Waals surface area contributed by atoms with Gasteiger partial charge in [-0.25, -0.2) is 0 Å². The molecule has 3 atom stereocenters. The van der Waals surface area contributed by atoms with Gasteiger partial charge in [-0.2, -0.15) is 0 Å². The van der Waals surface area contributed by atoms with Crippen molar-refractivity contribution in [2.24, 2.45) is 11.8 Å². The maximum absolute atomic E-state index is 6.25. The lowest BCUT2D eigenvalue weighted by Gasteiger charge is -2.39. The number of allylic oxidation sites excluding steroid dienone is 6. The summed E-state index contributed by atoms with van der Waals surface area (Å²) in [6.45, 7) is 15.1. The first-order chi connectivity index (χ1) is 17.4. The molecule has 1 saturated carbocycles. The van der Waals surface area contributed by atoms with Crippen molar-refractivity contribution in [3.63, 3.8) is 0 Å². The van der Waals surface area contributed by atoms with Crippen LogP contribution in [-0.2, 0) is 6.42 Å². The second kappa shape index (κ2) is 11.2. The van der Waals surface area contributed by atoms with Crippen molar-refractivity contribution in [1.29, 1.82) is 0 Å². The van der Waals surface area contributed by atoms with E-state index in [1.165, 1.54) is 90.9 Å². The first kappa shape index (κ1) is 25.6. The molecular weight excluding hydrogens is 440 g/mol. The molecule has 1 aromatic rings. The Morgan fingerprint density at radius 3 is 2.56 bits per heavy atom. The number of para-hydroxylation sites is 1. The van der Waals surface area contributed by atoms with Gasteiger partial charge < -0.3 is 15.0 Å². The highest BCUT2D eigenvalue weighted by atomic mass is 16.5. The molecule has 196 valence electrons. The predicted molar refractivity (Wildman–Crippen MR) is 152 cm³/mol. The molecule has 2 heterocycles. The minimum Gasteiger partial charge on any atom is -0.490 e. The van der Waals surface area contributed by atoms with Gasteiger partial charge >= 0.3 is 0 Å². The van der Waals surface area contributed by atoms with Crippen molar-refractivity contribution >= 4 is 0 Å². The maximum Gasteiger partial charge on any atom is 0.126 e. The van der Waals surface area contributed by atoms with E-state index in [9.17, 15) is 0 Å². The highest BCUT2D eigenvalue weighted by Crippen LogP contribution is 2.40. The number of hydrogen-bond acceptors (Lipinski definition) is 3. The number of ether oxygens (including phenoxy) is 1. The second-order valence-corrected chi connectivity index (χ2v) is 12.4. The van der Waals surface area contributed by atoms with E-state index >= 15 is 0 Å². The summed E-state index contributed by atoms with van der Waals surface area (Å²) in [6, 6.07) is 7.35. The summed E-state index contributed by atoms with van der Waals surface area (Å²) < 4.78 is 6.25. The zero-order chi connectivity index (χ0) is 25.2. The zero-order valence-electron chi connectivity index (χ0n) is 23.4. The topological polar surface area (TPSA) is 24.5 Å². The van der Waals surface area contributed by atoms with Gasteiger partial charge in [0.05, 0.1) is 0 Å². The van der Waals surface area contributed by atoms with Gasteiger partial charge in [-0.15, -0.1) is 0 Å². The number of piperidine rings is 1. The van der Waals surface area contributed by atoms with Gasteiger partial charge in [-0.3, -0.25) is 0 Å². The molecule has 3 unspecified atom stereocenters. The molecule has 0 aromatic heterocycles. The monoisotopic (exact) mass is 488 g/mol. The van der Waals surface area contributed by atoms with Gasteiger partial charge in [-0.05, 0) is 106 Å². The van der Waals surface area contributed by atoms with E-state index in [0.29, 0.717) is 24.0 Å². The number of fused-ring (bicyclic) bond motifs is 1. The third-order valence-electron chi connectivity index (χ3n) is 9.54. The molecule has 4 aliphatic rings. The van der Waals surface area contributed by atoms with Crippen LogP contribution in [0.1, 0.15) is 96.6 Å². The quantitative estimate of drug-likeness (QED) is 0.388. The largest absolute Gasteiger partial charge is 0.490 e. The SMILES string of the molecule is CC1=CC=C(/C(C)=C(\C)NC(CN2CCC(c3cccc4c3OC(C)C4)CC2)C(C)CC2CCC2)C1. The average molecular weight is 489 g/mol. The Morgan fingerprint density at radius 1 is 1.11 bits per heavy atom. The van der Waals surface area contributed by atoms with Crippen LogP contribution < -0.4 is 10.1 Å². The Kier molecular flexibility index (Phi) is 7.96. The van der Waals surface area contributed by atoms with Crippen LogP contribution in [0.3, 0.4) is 0 Å². The molecule has 3 heteroatoms. The molecule has 36 heavy (non-hydrogen) atoms. The van der Waals surface area contributed by atoms with Gasteiger partial charge in [0, 0.05) is 24.7 Å². The molecule has 2 aliphatic heterocycles. The summed E-state index contributed by atoms with van der Waals surface area (Å²) in [6.07, 6.45) is 15.3. The van der Waals surface area contributed by atoms with Crippen LogP contribution in [0.15, 0.2) is 52.8 Å². The van der Waals surface area contributed by atoms with E-state index in [1.54, 1.807) is 0 Å². The van der Waals surface area contributed by atoms with E-state index in [-0.39, 0.29) is 0 Å². The van der Waals surface area contributed by atoms with Gasteiger partial charge in [0.25, 0.3) is 0 Å². The summed E-state index contributed by atoms with van der Waals surface area (Å²) in [7, 11) is 0. The van der Waals surface area contributed by atoms with Crippen LogP contribution >= 0.6 is 0 Å². The molecule has 0 spiro atoms. The van der Waals surface area contributed by atoms with Crippen LogP contribution in [-0.4, -0.2) is 36.7 Å². The van der Waals surface area contributed by atoms with Crippen LogP contribution in [0.25, 0.3) is 0 Å². The summed E-state index contributed by atoms with van der Waals surface area (Å²) in [5, 5.41) is 4.04. The molecule has 2 fully saturated rings.